The predicted molar refractivity (Wildman–Crippen MR) is 110 cm³/mol. The molecule has 1 heterocycles. The summed E-state index contributed by atoms with van der Waals surface area (Å²) >= 11 is 1.41. The standard InChI is InChI=1S/C21H23N5OS/c1-15-11-13-17(14-12-15)22-20(27)19(16-7-3-2-4-8-16)28-21-23-24-25-26(21)18-9-5-6-10-18/h2-4,7-8,11-14,18-19H,5-6,9-10H2,1H3,(H,22,27). The van der Waals surface area contributed by atoms with Crippen LogP contribution in [0, 0.1) is 6.92 Å². The Kier molecular flexibility index (Phi) is 5.71. The van der Waals surface area contributed by atoms with Crippen molar-refractivity contribution in [1.82, 2.24) is 20.2 Å². The number of carbonyl (C=O) groups is 1. The highest BCUT2D eigenvalue weighted by Crippen LogP contribution is 2.38. The van der Waals surface area contributed by atoms with Gasteiger partial charge in [0.15, 0.2) is 0 Å². The highest BCUT2D eigenvalue weighted by atomic mass is 32.2. The van der Waals surface area contributed by atoms with Crippen LogP contribution in [0.25, 0.3) is 0 Å². The van der Waals surface area contributed by atoms with Crippen LogP contribution in [0.4, 0.5) is 5.69 Å². The van der Waals surface area contributed by atoms with Gasteiger partial charge in [0, 0.05) is 5.69 Å². The number of hydrogen-bond acceptors (Lipinski definition) is 5. The molecule has 1 amide bonds. The maximum atomic E-state index is 13.1. The molecule has 0 bridgehead atoms. The molecule has 1 fully saturated rings. The maximum absolute atomic E-state index is 13.1. The Hall–Kier alpha value is -2.67. The van der Waals surface area contributed by atoms with Crippen molar-refractivity contribution in [2.75, 3.05) is 5.32 Å². The summed E-state index contributed by atoms with van der Waals surface area (Å²) in [5.74, 6) is -0.0824. The third-order valence-electron chi connectivity index (χ3n) is 5.02. The Morgan fingerprint density at radius 1 is 1.11 bits per heavy atom. The largest absolute Gasteiger partial charge is 0.325 e. The highest BCUT2D eigenvalue weighted by Gasteiger charge is 2.28. The molecule has 1 aliphatic carbocycles. The zero-order chi connectivity index (χ0) is 19.3. The van der Waals surface area contributed by atoms with Crippen LogP contribution in [-0.4, -0.2) is 26.1 Å². The van der Waals surface area contributed by atoms with Crippen LogP contribution in [-0.2, 0) is 4.79 Å². The molecule has 0 radical (unpaired) electrons. The Labute approximate surface area is 168 Å². The first kappa shape index (κ1) is 18.7. The molecule has 1 N–H and O–H groups in total. The van der Waals surface area contributed by atoms with Crippen LogP contribution < -0.4 is 5.32 Å². The van der Waals surface area contributed by atoms with Crippen LogP contribution >= 0.6 is 11.8 Å². The molecule has 1 atom stereocenters. The van der Waals surface area contributed by atoms with E-state index in [0.717, 1.165) is 29.7 Å². The third kappa shape index (κ3) is 4.25. The lowest BCUT2D eigenvalue weighted by atomic mass is 10.1. The number of nitrogens with zero attached hydrogens (tertiary/aromatic N) is 4. The van der Waals surface area contributed by atoms with Gasteiger partial charge in [0.2, 0.25) is 11.1 Å². The lowest BCUT2D eigenvalue weighted by molar-refractivity contribution is -0.115. The number of rotatable bonds is 6. The van der Waals surface area contributed by atoms with Gasteiger partial charge in [0.1, 0.15) is 5.25 Å². The summed E-state index contributed by atoms with van der Waals surface area (Å²) in [6.45, 7) is 2.02. The molecule has 2 aromatic carbocycles. The number of aromatic nitrogens is 4. The van der Waals surface area contributed by atoms with Crippen molar-refractivity contribution in [2.45, 2.75) is 49.1 Å². The van der Waals surface area contributed by atoms with Gasteiger partial charge in [0.25, 0.3) is 0 Å². The van der Waals surface area contributed by atoms with E-state index in [4.69, 9.17) is 0 Å². The summed E-state index contributed by atoms with van der Waals surface area (Å²) in [6, 6.07) is 17.9. The Bertz CT molecular complexity index is 919. The Morgan fingerprint density at radius 3 is 2.54 bits per heavy atom. The fraction of sp³-hybridized carbons (Fsp3) is 0.333. The van der Waals surface area contributed by atoms with Crippen LogP contribution in [0.2, 0.25) is 0 Å². The van der Waals surface area contributed by atoms with E-state index in [-0.39, 0.29) is 5.91 Å². The van der Waals surface area contributed by atoms with Gasteiger partial charge in [-0.2, -0.15) is 0 Å². The topological polar surface area (TPSA) is 72.7 Å². The minimum atomic E-state index is -0.436. The van der Waals surface area contributed by atoms with Crippen LogP contribution in [0.1, 0.15) is 48.1 Å². The van der Waals surface area contributed by atoms with Gasteiger partial charge >= 0.3 is 0 Å². The molecule has 0 spiro atoms. The highest BCUT2D eigenvalue weighted by molar-refractivity contribution is 8.00. The monoisotopic (exact) mass is 393 g/mol. The lowest BCUT2D eigenvalue weighted by Crippen LogP contribution is -2.20. The molecule has 0 saturated heterocycles. The number of nitrogens with one attached hydrogen (secondary N) is 1. The minimum absolute atomic E-state index is 0.0824. The summed E-state index contributed by atoms with van der Waals surface area (Å²) in [4.78, 5) is 13.1. The third-order valence-corrected chi connectivity index (χ3v) is 6.22. The molecule has 144 valence electrons. The normalized spacial score (nSPS) is 15.5. The van der Waals surface area contributed by atoms with Crippen LogP contribution in [0.15, 0.2) is 59.8 Å². The maximum Gasteiger partial charge on any atom is 0.242 e. The molecule has 1 saturated carbocycles. The first-order valence-electron chi connectivity index (χ1n) is 9.58. The summed E-state index contributed by atoms with van der Waals surface area (Å²) < 4.78 is 1.90. The lowest BCUT2D eigenvalue weighted by Gasteiger charge is -2.18. The van der Waals surface area contributed by atoms with E-state index in [9.17, 15) is 4.79 Å². The van der Waals surface area contributed by atoms with Crippen LogP contribution in [0.5, 0.6) is 0 Å². The SMILES string of the molecule is Cc1ccc(NC(=O)C(Sc2nnnn2C2CCCC2)c2ccccc2)cc1. The predicted octanol–water partition coefficient (Wildman–Crippen LogP) is 4.57. The molecular formula is C21H23N5OS. The molecule has 6 nitrogen and oxygen atoms in total. The van der Waals surface area contributed by atoms with Crippen molar-refractivity contribution in [1.29, 1.82) is 0 Å². The van der Waals surface area contributed by atoms with Gasteiger partial charge in [-0.3, -0.25) is 4.79 Å². The number of thioether (sulfide) groups is 1. The van der Waals surface area contributed by atoms with E-state index in [1.807, 2.05) is 66.2 Å². The molecule has 1 aromatic heterocycles. The fourth-order valence-electron chi connectivity index (χ4n) is 3.49. The summed E-state index contributed by atoms with van der Waals surface area (Å²) in [6.07, 6.45) is 4.57. The number of aryl methyl sites for hydroxylation is 1. The molecule has 1 aliphatic rings. The molecule has 1 unspecified atom stereocenters. The number of hydrogen-bond donors (Lipinski definition) is 1. The molecule has 28 heavy (non-hydrogen) atoms. The van der Waals surface area contributed by atoms with Crippen molar-refractivity contribution < 1.29 is 4.79 Å². The second-order valence-electron chi connectivity index (χ2n) is 7.11. The van der Waals surface area contributed by atoms with Crippen molar-refractivity contribution >= 4 is 23.4 Å². The van der Waals surface area contributed by atoms with Gasteiger partial charge in [-0.25, -0.2) is 4.68 Å². The second-order valence-corrected chi connectivity index (χ2v) is 8.18. The van der Waals surface area contributed by atoms with E-state index in [2.05, 4.69) is 20.8 Å². The molecule has 3 aromatic rings. The van der Waals surface area contributed by atoms with E-state index >= 15 is 0 Å². The Balaban J connectivity index is 1.58. The molecular weight excluding hydrogens is 370 g/mol. The number of amides is 1. The van der Waals surface area contributed by atoms with Crippen molar-refractivity contribution in [2.24, 2.45) is 0 Å². The van der Waals surface area contributed by atoms with Crippen molar-refractivity contribution in [3.63, 3.8) is 0 Å². The fourth-order valence-corrected chi connectivity index (χ4v) is 4.54. The van der Waals surface area contributed by atoms with Gasteiger partial charge < -0.3 is 5.32 Å². The van der Waals surface area contributed by atoms with E-state index in [1.165, 1.54) is 24.6 Å². The van der Waals surface area contributed by atoms with Crippen molar-refractivity contribution in [3.8, 4) is 0 Å². The summed E-state index contributed by atoms with van der Waals surface area (Å²) in [5.41, 5.74) is 2.87. The first-order valence-corrected chi connectivity index (χ1v) is 10.5. The number of carbonyl (C=O) groups excluding carboxylic acids is 1. The average Bonchev–Trinajstić information content (AvgIpc) is 3.40. The first-order chi connectivity index (χ1) is 13.7. The summed E-state index contributed by atoms with van der Waals surface area (Å²) in [7, 11) is 0. The average molecular weight is 394 g/mol. The van der Waals surface area contributed by atoms with Gasteiger partial charge in [-0.05, 0) is 47.9 Å². The quantitative estimate of drug-likeness (QED) is 0.621. The van der Waals surface area contributed by atoms with Crippen LogP contribution in [0.3, 0.4) is 0 Å². The number of benzene rings is 2. The smallest absolute Gasteiger partial charge is 0.242 e. The molecule has 7 heteroatoms. The summed E-state index contributed by atoms with van der Waals surface area (Å²) in [5, 5.41) is 15.6. The number of tetrazole rings is 1. The van der Waals surface area contributed by atoms with Gasteiger partial charge in [-0.1, -0.05) is 72.6 Å². The zero-order valence-corrected chi connectivity index (χ0v) is 16.6. The zero-order valence-electron chi connectivity index (χ0n) is 15.8. The van der Waals surface area contributed by atoms with Gasteiger partial charge in [-0.15, -0.1) is 5.10 Å². The van der Waals surface area contributed by atoms with E-state index in [1.54, 1.807) is 0 Å². The van der Waals surface area contributed by atoms with E-state index < -0.39 is 5.25 Å². The van der Waals surface area contributed by atoms with Crippen molar-refractivity contribution in [3.05, 3.63) is 65.7 Å². The molecule has 0 aliphatic heterocycles. The minimum Gasteiger partial charge on any atom is -0.325 e. The van der Waals surface area contributed by atoms with Gasteiger partial charge in [0.05, 0.1) is 6.04 Å². The second kappa shape index (κ2) is 8.56. The Morgan fingerprint density at radius 2 is 1.82 bits per heavy atom. The molecule has 4 rings (SSSR count). The number of anilines is 1. The van der Waals surface area contributed by atoms with E-state index in [0.29, 0.717) is 11.2 Å².